The Kier molecular flexibility index (Phi) is 5.77. The van der Waals surface area contributed by atoms with Gasteiger partial charge in [0.15, 0.2) is 0 Å². The minimum atomic E-state index is -0.0720. The molecular weight excluding hydrogens is 248 g/mol. The van der Waals surface area contributed by atoms with E-state index in [1.54, 1.807) is 7.05 Å². The van der Waals surface area contributed by atoms with E-state index < -0.39 is 0 Å². The molecule has 0 spiro atoms. The Labute approximate surface area is 112 Å². The van der Waals surface area contributed by atoms with Crippen LogP contribution in [0.3, 0.4) is 0 Å². The number of amides is 1. The summed E-state index contributed by atoms with van der Waals surface area (Å²) in [4.78, 5) is 23.1. The molecule has 1 aromatic heterocycles. The minimum absolute atomic E-state index is 0.0145. The fourth-order valence-electron chi connectivity index (χ4n) is 1.22. The van der Waals surface area contributed by atoms with E-state index in [0.29, 0.717) is 25.0 Å². The summed E-state index contributed by atoms with van der Waals surface area (Å²) in [5.74, 6) is 0.755. The third-order valence-electron chi connectivity index (χ3n) is 1.96. The Morgan fingerprint density at radius 2 is 1.89 bits per heavy atom. The largest absolute Gasteiger partial charge is 0.461 e. The number of hydrogen-bond donors (Lipinski definition) is 3. The number of carbonyl (C=O) groups is 1. The van der Waals surface area contributed by atoms with Gasteiger partial charge in [0.05, 0.1) is 6.10 Å². The molecule has 0 saturated heterocycles. The predicted octanol–water partition coefficient (Wildman–Crippen LogP) is 0.248. The highest BCUT2D eigenvalue weighted by molar-refractivity contribution is 5.72. The summed E-state index contributed by atoms with van der Waals surface area (Å²) in [6, 6.07) is 0.261. The third-order valence-corrected chi connectivity index (χ3v) is 1.96. The summed E-state index contributed by atoms with van der Waals surface area (Å²) in [7, 11) is 1.72. The maximum atomic E-state index is 10.7. The van der Waals surface area contributed by atoms with E-state index in [1.807, 2.05) is 13.8 Å². The highest BCUT2D eigenvalue weighted by Gasteiger charge is 2.07. The molecule has 1 rings (SSSR count). The van der Waals surface area contributed by atoms with Crippen molar-refractivity contribution in [3.8, 4) is 6.01 Å². The highest BCUT2D eigenvalue weighted by atomic mass is 16.5. The van der Waals surface area contributed by atoms with E-state index in [1.165, 1.54) is 6.92 Å². The van der Waals surface area contributed by atoms with Crippen molar-refractivity contribution >= 4 is 17.8 Å². The second-order valence-corrected chi connectivity index (χ2v) is 4.09. The lowest BCUT2D eigenvalue weighted by Gasteiger charge is -2.11. The molecule has 0 saturated carbocycles. The molecule has 1 heterocycles. The Bertz CT molecular complexity index is 424. The van der Waals surface area contributed by atoms with Crippen LogP contribution in [0, 0.1) is 0 Å². The molecule has 3 N–H and O–H groups in total. The predicted molar refractivity (Wildman–Crippen MR) is 72.3 cm³/mol. The molecule has 0 fully saturated rings. The highest BCUT2D eigenvalue weighted by Crippen LogP contribution is 2.11. The molecule has 0 aliphatic carbocycles. The van der Waals surface area contributed by atoms with E-state index in [2.05, 4.69) is 30.9 Å². The van der Waals surface area contributed by atoms with Gasteiger partial charge < -0.3 is 20.7 Å². The fraction of sp³-hybridized carbons (Fsp3) is 0.636. The van der Waals surface area contributed by atoms with Gasteiger partial charge in [-0.05, 0) is 13.8 Å². The maximum absolute atomic E-state index is 10.7. The van der Waals surface area contributed by atoms with Crippen LogP contribution in [0.2, 0.25) is 0 Å². The molecule has 0 aliphatic rings. The van der Waals surface area contributed by atoms with Gasteiger partial charge in [-0.25, -0.2) is 0 Å². The first kappa shape index (κ1) is 14.9. The second kappa shape index (κ2) is 7.34. The summed E-state index contributed by atoms with van der Waals surface area (Å²) in [5.41, 5.74) is 0. The average molecular weight is 268 g/mol. The molecule has 0 bridgehead atoms. The van der Waals surface area contributed by atoms with Gasteiger partial charge in [0.25, 0.3) is 0 Å². The molecule has 0 unspecified atom stereocenters. The zero-order chi connectivity index (χ0) is 14.3. The number of anilines is 2. The molecule has 0 aliphatic heterocycles. The van der Waals surface area contributed by atoms with Crippen molar-refractivity contribution in [3.05, 3.63) is 0 Å². The number of hydrogen-bond acceptors (Lipinski definition) is 7. The van der Waals surface area contributed by atoms with Crippen molar-refractivity contribution in [2.24, 2.45) is 0 Å². The Hall–Kier alpha value is -2.12. The summed E-state index contributed by atoms with van der Waals surface area (Å²) in [6.45, 7) is 6.28. The van der Waals surface area contributed by atoms with Crippen molar-refractivity contribution in [1.29, 1.82) is 0 Å². The monoisotopic (exact) mass is 268 g/mol. The van der Waals surface area contributed by atoms with E-state index in [0.717, 1.165) is 0 Å². The SMILES string of the molecule is CNc1nc(NCCNC(C)=O)nc(OC(C)C)n1. The van der Waals surface area contributed by atoms with Gasteiger partial charge >= 0.3 is 6.01 Å². The number of nitrogens with zero attached hydrogens (tertiary/aromatic N) is 3. The van der Waals surface area contributed by atoms with E-state index >= 15 is 0 Å². The van der Waals surface area contributed by atoms with Crippen LogP contribution < -0.4 is 20.7 Å². The topological polar surface area (TPSA) is 101 Å². The lowest BCUT2D eigenvalue weighted by molar-refractivity contribution is -0.118. The number of nitrogens with one attached hydrogen (secondary N) is 3. The smallest absolute Gasteiger partial charge is 0.323 e. The Morgan fingerprint density at radius 3 is 2.47 bits per heavy atom. The molecule has 8 heteroatoms. The average Bonchev–Trinajstić information content (AvgIpc) is 2.33. The van der Waals surface area contributed by atoms with Crippen LogP contribution >= 0.6 is 0 Å². The van der Waals surface area contributed by atoms with Crippen LogP contribution in [0.1, 0.15) is 20.8 Å². The second-order valence-electron chi connectivity index (χ2n) is 4.09. The van der Waals surface area contributed by atoms with E-state index in [9.17, 15) is 4.79 Å². The molecule has 19 heavy (non-hydrogen) atoms. The Balaban J connectivity index is 2.63. The van der Waals surface area contributed by atoms with Gasteiger partial charge in [0.1, 0.15) is 0 Å². The first-order valence-electron chi connectivity index (χ1n) is 6.10. The van der Waals surface area contributed by atoms with E-state index in [-0.39, 0.29) is 18.0 Å². The first-order valence-corrected chi connectivity index (χ1v) is 6.10. The zero-order valence-corrected chi connectivity index (χ0v) is 11.6. The Morgan fingerprint density at radius 1 is 1.21 bits per heavy atom. The first-order chi connectivity index (χ1) is 9.01. The number of rotatable bonds is 7. The molecule has 0 radical (unpaired) electrons. The molecule has 0 aromatic carbocycles. The molecule has 106 valence electrons. The van der Waals surface area contributed by atoms with Gasteiger partial charge in [-0.15, -0.1) is 0 Å². The van der Waals surface area contributed by atoms with Crippen LogP contribution in [0.25, 0.3) is 0 Å². The van der Waals surface area contributed by atoms with Gasteiger partial charge in [-0.2, -0.15) is 15.0 Å². The quantitative estimate of drug-likeness (QED) is 0.609. The van der Waals surface area contributed by atoms with E-state index in [4.69, 9.17) is 4.74 Å². The summed E-state index contributed by atoms with van der Waals surface area (Å²) >= 11 is 0. The molecule has 0 atom stereocenters. The lowest BCUT2D eigenvalue weighted by Crippen LogP contribution is -2.26. The van der Waals surface area contributed by atoms with Crippen molar-refractivity contribution in [3.63, 3.8) is 0 Å². The van der Waals surface area contributed by atoms with Crippen LogP contribution in [0.5, 0.6) is 6.01 Å². The molecule has 8 nitrogen and oxygen atoms in total. The van der Waals surface area contributed by atoms with Crippen molar-refractivity contribution in [2.75, 3.05) is 30.8 Å². The number of ether oxygens (including phenoxy) is 1. The number of carbonyl (C=O) groups excluding carboxylic acids is 1. The van der Waals surface area contributed by atoms with Gasteiger partial charge in [-0.1, -0.05) is 0 Å². The van der Waals surface area contributed by atoms with Crippen LogP contribution in [0.15, 0.2) is 0 Å². The van der Waals surface area contributed by atoms with Crippen LogP contribution in [0.4, 0.5) is 11.9 Å². The third kappa shape index (κ3) is 5.84. The minimum Gasteiger partial charge on any atom is -0.461 e. The van der Waals surface area contributed by atoms with Crippen molar-refractivity contribution in [2.45, 2.75) is 26.9 Å². The molecule has 1 amide bonds. The maximum Gasteiger partial charge on any atom is 0.323 e. The van der Waals surface area contributed by atoms with Crippen molar-refractivity contribution < 1.29 is 9.53 Å². The zero-order valence-electron chi connectivity index (χ0n) is 11.6. The van der Waals surface area contributed by atoms with Crippen molar-refractivity contribution in [1.82, 2.24) is 20.3 Å². The van der Waals surface area contributed by atoms with Gasteiger partial charge in [0.2, 0.25) is 17.8 Å². The summed E-state index contributed by atoms with van der Waals surface area (Å²) in [5, 5.41) is 8.50. The van der Waals surface area contributed by atoms with Gasteiger partial charge in [-0.3, -0.25) is 4.79 Å². The number of aromatic nitrogens is 3. The standard InChI is InChI=1S/C11H20N6O2/c1-7(2)19-11-16-9(12-4)15-10(17-11)14-6-5-13-8(3)18/h7H,5-6H2,1-4H3,(H,13,18)(H2,12,14,15,16,17). The van der Waals surface area contributed by atoms with Crippen LogP contribution in [-0.4, -0.2) is 47.1 Å². The fourth-order valence-corrected chi connectivity index (χ4v) is 1.22. The van der Waals surface area contributed by atoms with Crippen LogP contribution in [-0.2, 0) is 4.79 Å². The normalized spacial score (nSPS) is 10.2. The lowest BCUT2D eigenvalue weighted by atomic mass is 10.5. The van der Waals surface area contributed by atoms with Gasteiger partial charge in [0, 0.05) is 27.1 Å². The molecule has 1 aromatic rings. The molecular formula is C11H20N6O2. The summed E-state index contributed by atoms with van der Waals surface area (Å²) < 4.78 is 5.43. The summed E-state index contributed by atoms with van der Waals surface area (Å²) in [6.07, 6.45) is -0.0145.